The minimum atomic E-state index is 0.00494. The van der Waals surface area contributed by atoms with Crippen LogP contribution in [0.25, 0.3) is 165 Å². The van der Waals surface area contributed by atoms with Gasteiger partial charge in [-0.2, -0.15) is 0 Å². The predicted molar refractivity (Wildman–Crippen MR) is 473 cm³/mol. The summed E-state index contributed by atoms with van der Waals surface area (Å²) in [4.78, 5) is 4.79. The summed E-state index contributed by atoms with van der Waals surface area (Å²) in [6, 6.07) is 134. The zero-order chi connectivity index (χ0) is 75.1. The van der Waals surface area contributed by atoms with E-state index in [1.54, 1.807) is 0 Å². The largest absolute Gasteiger partial charge is 0.456 e. The molecule has 0 radical (unpaired) electrons. The molecule has 21 rings (SSSR count). The predicted octanol–water partition coefficient (Wildman–Crippen LogP) is 30.2. The van der Waals surface area contributed by atoms with Gasteiger partial charge in [0.2, 0.25) is 0 Å². The SMILES string of the molecule is CC(C)(C)c1ccc(N(c2ccc(-c3cc4c(c5ccccc35)c3cc5c(cc3n4-c3ccccc3)c3c4ccccc4c(-c4ccc(N(c6ccc(C(C)(C)C)cc6)c6ccc7cc(-c8cc9ccccc9o8)ccc7c6)cc4)cc3n5-c3ccccc3)cc2)c2ccc3cc(-c4cc5ccccc5o4)ccc3c2)cc1. The Hall–Kier alpha value is -13.9. The van der Waals surface area contributed by atoms with Crippen LogP contribution < -0.4 is 9.80 Å². The number of aromatic nitrogens is 2. The van der Waals surface area contributed by atoms with Gasteiger partial charge in [0.25, 0.3) is 0 Å². The zero-order valence-corrected chi connectivity index (χ0v) is 63.2. The van der Waals surface area contributed by atoms with Crippen LogP contribution >= 0.6 is 0 Å². The second kappa shape index (κ2) is 25.9. The molecule has 0 bridgehead atoms. The molecule has 534 valence electrons. The fourth-order valence-corrected chi connectivity index (χ4v) is 17.4. The van der Waals surface area contributed by atoms with Gasteiger partial charge in [-0.05, 0) is 245 Å². The van der Waals surface area contributed by atoms with Crippen LogP contribution in [0.1, 0.15) is 52.7 Å². The minimum Gasteiger partial charge on any atom is -0.456 e. The zero-order valence-electron chi connectivity index (χ0n) is 63.2. The number of para-hydroxylation sites is 4. The maximum Gasteiger partial charge on any atom is 0.135 e. The van der Waals surface area contributed by atoms with E-state index in [9.17, 15) is 0 Å². The lowest BCUT2D eigenvalue weighted by atomic mass is 9.87. The van der Waals surface area contributed by atoms with E-state index in [1.807, 2.05) is 24.3 Å². The van der Waals surface area contributed by atoms with E-state index in [-0.39, 0.29) is 10.8 Å². The number of nitrogens with zero attached hydrogens (tertiary/aromatic N) is 4. The molecular formula is C106H78N4O2. The van der Waals surface area contributed by atoms with Crippen LogP contribution in [0.5, 0.6) is 0 Å². The molecule has 0 saturated heterocycles. The first-order chi connectivity index (χ1) is 54.7. The standard InChI is InChI=1S/C106H78N4O2/c1-105(2,3)77-43-53-83(54-44-77)107(85-51-41-69-57-75(35-33-71(69)59-85)101-61-73-21-13-19-31-99(73)111-101)81-47-37-67(38-48-81)91-63-97-103(89-29-17-15-27-87(89)91)93-65-96-94(66-95(93)109(97)79-23-9-7-10-24-79)104-90-30-18-16-28-88(90)92(64-98(104)110(96)80-25-11-8-12-26-80)68-39-49-82(50-40-68)108(84-55-45-78(46-56-84)106(4,5)6)86-52-42-70-58-76(36-34-72(70)60-86)102-62-74-22-14-20-32-100(74)112-102/h7-66H,1-6H3. The molecule has 0 amide bonds. The summed E-state index contributed by atoms with van der Waals surface area (Å²) in [5.41, 5.74) is 24.4. The summed E-state index contributed by atoms with van der Waals surface area (Å²) >= 11 is 0. The van der Waals surface area contributed by atoms with E-state index < -0.39 is 0 Å². The Morgan fingerprint density at radius 1 is 0.232 bits per heavy atom. The third kappa shape index (κ3) is 11.2. The molecule has 6 heteroatoms. The Kier molecular flexibility index (Phi) is 15.3. The van der Waals surface area contributed by atoms with Crippen molar-refractivity contribution in [1.29, 1.82) is 0 Å². The number of hydrogen-bond acceptors (Lipinski definition) is 4. The monoisotopic (exact) mass is 1440 g/mol. The lowest BCUT2D eigenvalue weighted by Crippen LogP contribution is -2.13. The summed E-state index contributed by atoms with van der Waals surface area (Å²) in [5.74, 6) is 1.73. The highest BCUT2D eigenvalue weighted by Gasteiger charge is 2.27. The van der Waals surface area contributed by atoms with Crippen LogP contribution in [-0.2, 0) is 10.8 Å². The lowest BCUT2D eigenvalue weighted by molar-refractivity contribution is 0.590. The maximum atomic E-state index is 6.34. The van der Waals surface area contributed by atoms with Gasteiger partial charge in [-0.15, -0.1) is 0 Å². The average Bonchev–Trinajstić information content (AvgIpc) is 1.53. The van der Waals surface area contributed by atoms with Crippen LogP contribution in [0.15, 0.2) is 373 Å². The molecule has 4 heterocycles. The van der Waals surface area contributed by atoms with E-state index in [0.717, 1.165) is 145 Å². The van der Waals surface area contributed by atoms with E-state index in [2.05, 4.69) is 400 Å². The first-order valence-corrected chi connectivity index (χ1v) is 38.8. The number of fused-ring (bicyclic) bond motifs is 14. The molecule has 0 atom stereocenters. The molecule has 17 aromatic carbocycles. The van der Waals surface area contributed by atoms with E-state index in [4.69, 9.17) is 8.83 Å². The summed E-state index contributed by atoms with van der Waals surface area (Å²) in [5, 5.41) is 16.4. The van der Waals surface area contributed by atoms with Gasteiger partial charge in [0.15, 0.2) is 0 Å². The smallest absolute Gasteiger partial charge is 0.135 e. The van der Waals surface area contributed by atoms with Gasteiger partial charge >= 0.3 is 0 Å². The molecule has 0 aliphatic carbocycles. The number of furan rings is 2. The molecule has 0 spiro atoms. The molecule has 0 unspecified atom stereocenters. The Labute approximate surface area is 650 Å². The van der Waals surface area contributed by atoms with Gasteiger partial charge in [-0.25, -0.2) is 0 Å². The first kappa shape index (κ1) is 66.3. The van der Waals surface area contributed by atoms with Gasteiger partial charge in [0.05, 0.1) is 22.1 Å². The van der Waals surface area contributed by atoms with Gasteiger partial charge in [-0.1, -0.05) is 248 Å². The topological polar surface area (TPSA) is 42.6 Å². The van der Waals surface area contributed by atoms with Crippen molar-refractivity contribution in [1.82, 2.24) is 9.13 Å². The highest BCUT2D eigenvalue weighted by Crippen LogP contribution is 2.50. The van der Waals surface area contributed by atoms with Gasteiger partial charge in [0, 0.05) is 88.9 Å². The van der Waals surface area contributed by atoms with Crippen molar-refractivity contribution in [2.45, 2.75) is 52.4 Å². The Morgan fingerprint density at radius 2 is 0.554 bits per heavy atom. The summed E-state index contributed by atoms with van der Waals surface area (Å²) < 4.78 is 17.7. The number of rotatable bonds is 12. The number of anilines is 6. The summed E-state index contributed by atoms with van der Waals surface area (Å²) in [6.45, 7) is 13.7. The average molecular weight is 1440 g/mol. The first-order valence-electron chi connectivity index (χ1n) is 38.8. The Bertz CT molecular complexity index is 6790. The molecule has 0 aliphatic rings. The maximum absolute atomic E-state index is 6.34. The molecular weight excluding hydrogens is 1360 g/mol. The van der Waals surface area contributed by atoms with E-state index >= 15 is 0 Å². The highest BCUT2D eigenvalue weighted by atomic mass is 16.3. The van der Waals surface area contributed by atoms with E-state index in [1.165, 1.54) is 65.3 Å². The second-order valence-electron chi connectivity index (χ2n) is 32.1. The van der Waals surface area contributed by atoms with Crippen molar-refractivity contribution in [3.05, 3.63) is 375 Å². The fourth-order valence-electron chi connectivity index (χ4n) is 17.4. The second-order valence-corrected chi connectivity index (χ2v) is 32.1. The molecule has 0 aliphatic heterocycles. The van der Waals surface area contributed by atoms with Gasteiger partial charge in [0.1, 0.15) is 22.7 Å². The molecule has 112 heavy (non-hydrogen) atoms. The van der Waals surface area contributed by atoms with Crippen LogP contribution in [0.4, 0.5) is 34.1 Å². The van der Waals surface area contributed by atoms with Crippen molar-refractivity contribution >= 4 is 143 Å². The van der Waals surface area contributed by atoms with Crippen LogP contribution in [0, 0.1) is 0 Å². The Balaban J connectivity index is 0.695. The molecule has 0 saturated carbocycles. The highest BCUT2D eigenvalue weighted by molar-refractivity contribution is 6.30. The summed E-state index contributed by atoms with van der Waals surface area (Å²) in [7, 11) is 0. The molecule has 6 nitrogen and oxygen atoms in total. The third-order valence-electron chi connectivity index (χ3n) is 23.1. The van der Waals surface area contributed by atoms with Crippen molar-refractivity contribution in [2.75, 3.05) is 9.80 Å². The minimum absolute atomic E-state index is 0.00494. The molecule has 4 aromatic heterocycles. The lowest BCUT2D eigenvalue weighted by Gasteiger charge is -2.27. The van der Waals surface area contributed by atoms with Crippen molar-refractivity contribution in [3.8, 4) is 56.3 Å². The quantitative estimate of drug-likeness (QED) is 0.122. The van der Waals surface area contributed by atoms with Gasteiger partial charge < -0.3 is 27.8 Å². The number of hydrogen-bond donors (Lipinski definition) is 0. The Morgan fingerprint density at radius 3 is 0.938 bits per heavy atom. The normalized spacial score (nSPS) is 12.2. The van der Waals surface area contributed by atoms with Gasteiger partial charge in [-0.3, -0.25) is 0 Å². The third-order valence-corrected chi connectivity index (χ3v) is 23.1. The van der Waals surface area contributed by atoms with Crippen molar-refractivity contribution in [3.63, 3.8) is 0 Å². The van der Waals surface area contributed by atoms with Crippen molar-refractivity contribution in [2.24, 2.45) is 0 Å². The molecule has 0 fully saturated rings. The van der Waals surface area contributed by atoms with Crippen LogP contribution in [0.3, 0.4) is 0 Å². The molecule has 21 aromatic rings. The summed E-state index contributed by atoms with van der Waals surface area (Å²) in [6.07, 6.45) is 0. The van der Waals surface area contributed by atoms with Crippen LogP contribution in [0.2, 0.25) is 0 Å². The molecule has 0 N–H and O–H groups in total. The van der Waals surface area contributed by atoms with Crippen molar-refractivity contribution < 1.29 is 8.83 Å². The fraction of sp³-hybridized carbons (Fsp3) is 0.0755. The van der Waals surface area contributed by atoms with E-state index in [0.29, 0.717) is 0 Å². The number of benzene rings is 17. The van der Waals surface area contributed by atoms with Crippen LogP contribution in [-0.4, -0.2) is 9.13 Å².